The van der Waals surface area contributed by atoms with Crippen molar-refractivity contribution >= 4 is 29.1 Å². The Labute approximate surface area is 157 Å². The Hall–Kier alpha value is -2.73. The van der Waals surface area contributed by atoms with E-state index in [9.17, 15) is 31.9 Å². The van der Waals surface area contributed by atoms with Crippen LogP contribution in [-0.4, -0.2) is 56.5 Å². The first kappa shape index (κ1) is 21.6. The molecule has 2 rings (SSSR count). The Bertz CT molecular complexity index is 747. The SMILES string of the molecule is NC(=O)[C@@H](NCC(F)F)C(=O)Nc1ccc(N2CCOCC2=O)c(C(F)F)c1. The molecule has 0 bridgehead atoms. The van der Waals surface area contributed by atoms with Crippen molar-refractivity contribution in [1.82, 2.24) is 5.32 Å². The lowest BCUT2D eigenvalue weighted by Gasteiger charge is -2.29. The molecular weight excluding hydrogens is 388 g/mol. The average Bonchev–Trinajstić information content (AvgIpc) is 2.61. The third-order valence-corrected chi connectivity index (χ3v) is 3.83. The van der Waals surface area contributed by atoms with Gasteiger partial charge in [0.1, 0.15) is 6.61 Å². The summed E-state index contributed by atoms with van der Waals surface area (Å²) in [5.41, 5.74) is 4.33. The number of halogens is 4. The van der Waals surface area contributed by atoms with Crippen molar-refractivity contribution in [2.45, 2.75) is 18.9 Å². The highest BCUT2D eigenvalue weighted by atomic mass is 19.3. The quantitative estimate of drug-likeness (QED) is 0.433. The summed E-state index contributed by atoms with van der Waals surface area (Å²) < 4.78 is 56.4. The van der Waals surface area contributed by atoms with Crippen molar-refractivity contribution in [3.63, 3.8) is 0 Å². The molecule has 8 nitrogen and oxygen atoms in total. The van der Waals surface area contributed by atoms with Crippen molar-refractivity contribution in [3.8, 4) is 0 Å². The van der Waals surface area contributed by atoms with Gasteiger partial charge >= 0.3 is 0 Å². The van der Waals surface area contributed by atoms with E-state index in [1.807, 2.05) is 5.32 Å². The van der Waals surface area contributed by atoms with Gasteiger partial charge in [-0.25, -0.2) is 17.6 Å². The third-order valence-electron chi connectivity index (χ3n) is 3.83. The number of alkyl halides is 4. The van der Waals surface area contributed by atoms with E-state index in [1.165, 1.54) is 12.1 Å². The number of benzene rings is 1. The monoisotopic (exact) mass is 406 g/mol. The van der Waals surface area contributed by atoms with Gasteiger partial charge in [0.05, 0.1) is 18.8 Å². The summed E-state index contributed by atoms with van der Waals surface area (Å²) in [4.78, 5) is 36.4. The molecule has 0 spiro atoms. The molecule has 0 saturated carbocycles. The maximum absolute atomic E-state index is 13.5. The second-order valence-corrected chi connectivity index (χ2v) is 5.80. The van der Waals surface area contributed by atoms with Crippen molar-refractivity contribution in [1.29, 1.82) is 0 Å². The van der Waals surface area contributed by atoms with Gasteiger partial charge in [0.25, 0.3) is 24.7 Å². The summed E-state index contributed by atoms with van der Waals surface area (Å²) in [7, 11) is 0. The number of amides is 3. The minimum Gasteiger partial charge on any atom is -0.370 e. The molecule has 0 aromatic heterocycles. The number of hydrogen-bond acceptors (Lipinski definition) is 5. The fourth-order valence-corrected chi connectivity index (χ4v) is 2.57. The van der Waals surface area contributed by atoms with Gasteiger partial charge in [-0.1, -0.05) is 0 Å². The Kier molecular flexibility index (Phi) is 7.29. The first-order valence-electron chi connectivity index (χ1n) is 8.12. The maximum Gasteiger partial charge on any atom is 0.265 e. The van der Waals surface area contributed by atoms with E-state index in [4.69, 9.17) is 10.5 Å². The van der Waals surface area contributed by atoms with Gasteiger partial charge in [-0.15, -0.1) is 0 Å². The summed E-state index contributed by atoms with van der Waals surface area (Å²) in [5, 5.41) is 4.17. The first-order valence-corrected chi connectivity index (χ1v) is 8.12. The second-order valence-electron chi connectivity index (χ2n) is 5.80. The third kappa shape index (κ3) is 5.39. The van der Waals surface area contributed by atoms with Gasteiger partial charge in [-0.3, -0.25) is 19.7 Å². The van der Waals surface area contributed by atoms with Gasteiger partial charge in [0.15, 0.2) is 6.04 Å². The van der Waals surface area contributed by atoms with Crippen LogP contribution in [0.25, 0.3) is 0 Å². The second kappa shape index (κ2) is 9.46. The van der Waals surface area contributed by atoms with E-state index < -0.39 is 48.7 Å². The number of carbonyl (C=O) groups excluding carboxylic acids is 3. The molecule has 0 radical (unpaired) electrons. The number of hydrogen-bond donors (Lipinski definition) is 3. The smallest absolute Gasteiger partial charge is 0.265 e. The lowest BCUT2D eigenvalue weighted by atomic mass is 10.1. The van der Waals surface area contributed by atoms with E-state index in [0.29, 0.717) is 0 Å². The highest BCUT2D eigenvalue weighted by Gasteiger charge is 2.28. The zero-order valence-electron chi connectivity index (χ0n) is 14.5. The Morgan fingerprint density at radius 3 is 2.54 bits per heavy atom. The van der Waals surface area contributed by atoms with E-state index in [0.717, 1.165) is 11.0 Å². The first-order chi connectivity index (χ1) is 13.2. The lowest BCUT2D eigenvalue weighted by molar-refractivity contribution is -0.128. The van der Waals surface area contributed by atoms with E-state index in [1.54, 1.807) is 0 Å². The normalized spacial score (nSPS) is 15.8. The number of ether oxygens (including phenoxy) is 1. The number of nitrogens with zero attached hydrogens (tertiary/aromatic N) is 1. The van der Waals surface area contributed by atoms with Crippen LogP contribution >= 0.6 is 0 Å². The molecule has 1 fully saturated rings. The summed E-state index contributed by atoms with van der Waals surface area (Å²) in [6, 6.07) is 1.62. The van der Waals surface area contributed by atoms with E-state index >= 15 is 0 Å². The molecule has 4 N–H and O–H groups in total. The van der Waals surface area contributed by atoms with Crippen molar-refractivity contribution < 1.29 is 36.7 Å². The van der Waals surface area contributed by atoms with Crippen molar-refractivity contribution in [3.05, 3.63) is 23.8 Å². The Balaban J connectivity index is 2.21. The van der Waals surface area contributed by atoms with Crippen LogP contribution in [0, 0.1) is 0 Å². The Morgan fingerprint density at radius 2 is 1.96 bits per heavy atom. The number of rotatable bonds is 8. The predicted octanol–water partition coefficient (Wildman–Crippen LogP) is 0.634. The molecule has 28 heavy (non-hydrogen) atoms. The summed E-state index contributed by atoms with van der Waals surface area (Å²) >= 11 is 0. The van der Waals surface area contributed by atoms with E-state index in [-0.39, 0.29) is 31.1 Å². The molecule has 3 amide bonds. The number of carbonyl (C=O) groups is 3. The maximum atomic E-state index is 13.5. The molecule has 1 aromatic rings. The number of nitrogens with one attached hydrogen (secondary N) is 2. The topological polar surface area (TPSA) is 114 Å². The molecule has 154 valence electrons. The van der Waals surface area contributed by atoms with Crippen LogP contribution in [0.5, 0.6) is 0 Å². The molecule has 1 heterocycles. The number of morpholine rings is 1. The fourth-order valence-electron chi connectivity index (χ4n) is 2.57. The van der Waals surface area contributed by atoms with Crippen LogP contribution in [-0.2, 0) is 19.1 Å². The summed E-state index contributed by atoms with van der Waals surface area (Å²) in [5.74, 6) is -2.78. The molecule has 1 aliphatic rings. The average molecular weight is 406 g/mol. The van der Waals surface area contributed by atoms with Crippen LogP contribution in [0.15, 0.2) is 18.2 Å². The summed E-state index contributed by atoms with van der Waals surface area (Å²) in [6.07, 6.45) is -5.79. The molecule has 1 aromatic carbocycles. The van der Waals surface area contributed by atoms with Gasteiger partial charge in [0.2, 0.25) is 5.91 Å². The van der Waals surface area contributed by atoms with Gasteiger partial charge in [0, 0.05) is 17.8 Å². The highest BCUT2D eigenvalue weighted by Crippen LogP contribution is 2.33. The minimum absolute atomic E-state index is 0.0384. The molecule has 0 aliphatic carbocycles. The molecule has 1 atom stereocenters. The van der Waals surface area contributed by atoms with E-state index in [2.05, 4.69) is 5.32 Å². The lowest BCUT2D eigenvalue weighted by Crippen LogP contribution is -2.51. The van der Waals surface area contributed by atoms with Crippen LogP contribution in [0.3, 0.4) is 0 Å². The largest absolute Gasteiger partial charge is 0.370 e. The summed E-state index contributed by atoms with van der Waals surface area (Å²) in [6.45, 7) is -0.923. The molecule has 12 heteroatoms. The zero-order valence-corrected chi connectivity index (χ0v) is 14.5. The number of primary amides is 1. The minimum atomic E-state index is -2.97. The van der Waals surface area contributed by atoms with Crippen LogP contribution in [0.1, 0.15) is 12.0 Å². The molecular formula is C16H18F4N4O4. The highest BCUT2D eigenvalue weighted by molar-refractivity contribution is 6.09. The van der Waals surface area contributed by atoms with Gasteiger partial charge in [-0.2, -0.15) is 0 Å². The molecule has 1 aliphatic heterocycles. The molecule has 1 saturated heterocycles. The van der Waals surface area contributed by atoms with Gasteiger partial charge in [-0.05, 0) is 18.2 Å². The standard InChI is InChI=1S/C16H18F4N4O4/c17-11(18)6-22-13(15(21)26)16(27)23-8-1-2-10(9(5-8)14(19)20)24-3-4-28-7-12(24)25/h1-2,5,11,13-14,22H,3-4,6-7H2,(H2,21,26)(H,23,27)/t13-/m1/s1. The van der Waals surface area contributed by atoms with Crippen LogP contribution < -0.4 is 21.3 Å². The van der Waals surface area contributed by atoms with Crippen LogP contribution in [0.4, 0.5) is 28.9 Å². The fraction of sp³-hybridized carbons (Fsp3) is 0.438. The number of nitrogens with two attached hydrogens (primary N) is 1. The number of anilines is 2. The zero-order chi connectivity index (χ0) is 20.8. The van der Waals surface area contributed by atoms with Crippen LogP contribution in [0.2, 0.25) is 0 Å². The van der Waals surface area contributed by atoms with Crippen molar-refractivity contribution in [2.75, 3.05) is 36.5 Å². The predicted molar refractivity (Wildman–Crippen MR) is 90.2 cm³/mol. The van der Waals surface area contributed by atoms with Gasteiger partial charge < -0.3 is 20.7 Å². The van der Waals surface area contributed by atoms with Crippen molar-refractivity contribution in [2.24, 2.45) is 5.73 Å². The Morgan fingerprint density at radius 1 is 1.25 bits per heavy atom. The molecule has 0 unspecified atom stereocenters.